The molecule has 0 spiro atoms. The average Bonchev–Trinajstić information content (AvgIpc) is 2.93. The third kappa shape index (κ3) is 2.22. The number of rotatable bonds is 3. The summed E-state index contributed by atoms with van der Waals surface area (Å²) in [6.07, 6.45) is 0. The van der Waals surface area contributed by atoms with Gasteiger partial charge in [-0.05, 0) is 30.3 Å². The Balaban J connectivity index is 2.33. The highest BCUT2D eigenvalue weighted by Crippen LogP contribution is 2.29. The highest BCUT2D eigenvalue weighted by atomic mass is 35.5. The topological polar surface area (TPSA) is 50.8 Å². The van der Waals surface area contributed by atoms with Gasteiger partial charge in [-0.15, -0.1) is 11.6 Å². The van der Waals surface area contributed by atoms with E-state index in [1.807, 2.05) is 41.0 Å². The number of ether oxygens (including phenoxy) is 1. The Labute approximate surface area is 127 Å². The highest BCUT2D eigenvalue weighted by molar-refractivity contribution is 6.17. The van der Waals surface area contributed by atoms with E-state index in [9.17, 15) is 0 Å². The van der Waals surface area contributed by atoms with Crippen LogP contribution in [0.4, 0.5) is 0 Å². The summed E-state index contributed by atoms with van der Waals surface area (Å²) in [4.78, 5) is 4.56. The van der Waals surface area contributed by atoms with Gasteiger partial charge in [0, 0.05) is 5.69 Å². The lowest BCUT2D eigenvalue weighted by atomic mass is 10.2. The van der Waals surface area contributed by atoms with Gasteiger partial charge in [0.1, 0.15) is 17.1 Å². The Morgan fingerprint density at radius 2 is 2.10 bits per heavy atom. The molecule has 0 unspecified atom stereocenters. The van der Waals surface area contributed by atoms with Crippen molar-refractivity contribution in [1.82, 2.24) is 9.55 Å². The maximum atomic E-state index is 9.06. The third-order valence-corrected chi connectivity index (χ3v) is 3.53. The molecule has 4 nitrogen and oxygen atoms in total. The number of nitriles is 1. The minimum Gasteiger partial charge on any atom is -0.494 e. The molecule has 5 heteroatoms. The van der Waals surface area contributed by atoms with Crippen LogP contribution in [-0.4, -0.2) is 16.7 Å². The van der Waals surface area contributed by atoms with Crippen molar-refractivity contribution in [2.24, 2.45) is 0 Å². The van der Waals surface area contributed by atoms with E-state index in [1.165, 1.54) is 0 Å². The monoisotopic (exact) mass is 297 g/mol. The summed E-state index contributed by atoms with van der Waals surface area (Å²) in [5, 5.41) is 9.06. The van der Waals surface area contributed by atoms with Gasteiger partial charge in [0.15, 0.2) is 0 Å². The van der Waals surface area contributed by atoms with E-state index >= 15 is 0 Å². The maximum absolute atomic E-state index is 9.06. The first kappa shape index (κ1) is 13.5. The normalized spacial score (nSPS) is 10.5. The molecule has 3 rings (SSSR count). The average molecular weight is 298 g/mol. The van der Waals surface area contributed by atoms with Crippen molar-refractivity contribution in [3.05, 3.63) is 53.9 Å². The fourth-order valence-electron chi connectivity index (χ4n) is 2.38. The Kier molecular flexibility index (Phi) is 3.51. The second kappa shape index (κ2) is 5.47. The van der Waals surface area contributed by atoms with E-state index in [0.717, 1.165) is 16.7 Å². The predicted molar refractivity (Wildman–Crippen MR) is 81.9 cm³/mol. The number of imidazole rings is 1. The fraction of sp³-hybridized carbons (Fsp3) is 0.125. The van der Waals surface area contributed by atoms with Gasteiger partial charge < -0.3 is 4.74 Å². The number of nitrogens with zero attached hydrogens (tertiary/aromatic N) is 3. The first-order chi connectivity index (χ1) is 10.3. The van der Waals surface area contributed by atoms with Crippen LogP contribution >= 0.6 is 11.6 Å². The van der Waals surface area contributed by atoms with Gasteiger partial charge in [0.2, 0.25) is 0 Å². The lowest BCUT2D eigenvalue weighted by Crippen LogP contribution is -1.99. The molecule has 0 bridgehead atoms. The molecule has 0 saturated carbocycles. The molecular weight excluding hydrogens is 286 g/mol. The molecule has 2 aromatic carbocycles. The van der Waals surface area contributed by atoms with E-state index in [1.54, 1.807) is 13.2 Å². The van der Waals surface area contributed by atoms with Gasteiger partial charge >= 0.3 is 0 Å². The zero-order chi connectivity index (χ0) is 14.8. The first-order valence-corrected chi connectivity index (χ1v) is 6.92. The van der Waals surface area contributed by atoms with E-state index in [4.69, 9.17) is 21.6 Å². The van der Waals surface area contributed by atoms with Crippen LogP contribution in [0.5, 0.6) is 5.75 Å². The second-order valence-electron chi connectivity index (χ2n) is 4.49. The number of fused-ring (bicyclic) bond motifs is 1. The SMILES string of the molecule is COc1cccc2c1nc(CCl)n2-c1cccc(C#N)c1. The molecule has 104 valence electrons. The largest absolute Gasteiger partial charge is 0.494 e. The number of halogens is 1. The minimum absolute atomic E-state index is 0.272. The Bertz CT molecular complexity index is 848. The number of methoxy groups -OCH3 is 1. The summed E-state index contributed by atoms with van der Waals surface area (Å²) in [7, 11) is 1.62. The van der Waals surface area contributed by atoms with Crippen LogP contribution in [0, 0.1) is 11.3 Å². The van der Waals surface area contributed by atoms with Crippen LogP contribution in [0.1, 0.15) is 11.4 Å². The summed E-state index contributed by atoms with van der Waals surface area (Å²) in [5.74, 6) is 1.69. The van der Waals surface area contributed by atoms with Gasteiger partial charge in [-0.25, -0.2) is 4.98 Å². The molecule has 0 aliphatic carbocycles. The van der Waals surface area contributed by atoms with E-state index in [-0.39, 0.29) is 5.88 Å². The molecule has 0 radical (unpaired) electrons. The van der Waals surface area contributed by atoms with Gasteiger partial charge in [-0.3, -0.25) is 4.57 Å². The zero-order valence-corrected chi connectivity index (χ0v) is 12.1. The van der Waals surface area contributed by atoms with Crippen LogP contribution in [-0.2, 0) is 5.88 Å². The summed E-state index contributed by atoms with van der Waals surface area (Å²) in [6.45, 7) is 0. The van der Waals surface area contributed by atoms with Crippen LogP contribution < -0.4 is 4.74 Å². The second-order valence-corrected chi connectivity index (χ2v) is 4.75. The number of alkyl halides is 1. The fourth-order valence-corrected chi connectivity index (χ4v) is 2.56. The third-order valence-electron chi connectivity index (χ3n) is 3.29. The lowest BCUT2D eigenvalue weighted by molar-refractivity contribution is 0.419. The Morgan fingerprint density at radius 3 is 2.81 bits per heavy atom. The Morgan fingerprint density at radius 1 is 1.29 bits per heavy atom. The summed E-state index contributed by atoms with van der Waals surface area (Å²) < 4.78 is 7.30. The molecule has 0 aliphatic rings. The standard InChI is InChI=1S/C16H12ClN3O/c1-21-14-7-3-6-13-16(14)19-15(9-17)20(13)12-5-2-4-11(8-12)10-18/h2-8H,9H2,1H3. The van der Waals surface area contributed by atoms with Crippen molar-refractivity contribution in [2.75, 3.05) is 7.11 Å². The van der Waals surface area contributed by atoms with Gasteiger partial charge in [0.05, 0.1) is 30.1 Å². The van der Waals surface area contributed by atoms with E-state index < -0.39 is 0 Å². The number of aromatic nitrogens is 2. The summed E-state index contributed by atoms with van der Waals surface area (Å²) in [6, 6.07) is 15.2. The quantitative estimate of drug-likeness (QED) is 0.693. The van der Waals surface area contributed by atoms with E-state index in [0.29, 0.717) is 17.1 Å². The highest BCUT2D eigenvalue weighted by Gasteiger charge is 2.14. The van der Waals surface area contributed by atoms with Crippen molar-refractivity contribution in [2.45, 2.75) is 5.88 Å². The van der Waals surface area contributed by atoms with Crippen LogP contribution in [0.3, 0.4) is 0 Å². The number of hydrogen-bond acceptors (Lipinski definition) is 3. The molecule has 3 aromatic rings. The molecule has 21 heavy (non-hydrogen) atoms. The van der Waals surface area contributed by atoms with Gasteiger partial charge in [-0.2, -0.15) is 5.26 Å². The first-order valence-electron chi connectivity index (χ1n) is 6.39. The van der Waals surface area contributed by atoms with Crippen molar-refractivity contribution < 1.29 is 4.74 Å². The molecule has 0 fully saturated rings. The number of para-hydroxylation sites is 1. The zero-order valence-electron chi connectivity index (χ0n) is 11.4. The van der Waals surface area contributed by atoms with Crippen LogP contribution in [0.15, 0.2) is 42.5 Å². The molecule has 0 N–H and O–H groups in total. The molecular formula is C16H12ClN3O. The predicted octanol–water partition coefficient (Wildman–Crippen LogP) is 3.64. The van der Waals surface area contributed by atoms with Gasteiger partial charge in [0.25, 0.3) is 0 Å². The number of hydrogen-bond donors (Lipinski definition) is 0. The smallest absolute Gasteiger partial charge is 0.146 e. The van der Waals surface area contributed by atoms with Crippen LogP contribution in [0.2, 0.25) is 0 Å². The lowest BCUT2D eigenvalue weighted by Gasteiger charge is -2.08. The van der Waals surface area contributed by atoms with E-state index in [2.05, 4.69) is 11.1 Å². The van der Waals surface area contributed by atoms with Crippen molar-refractivity contribution in [1.29, 1.82) is 5.26 Å². The van der Waals surface area contributed by atoms with Crippen molar-refractivity contribution in [3.63, 3.8) is 0 Å². The summed E-state index contributed by atoms with van der Waals surface area (Å²) >= 11 is 6.03. The molecule has 0 saturated heterocycles. The van der Waals surface area contributed by atoms with Gasteiger partial charge in [-0.1, -0.05) is 12.1 Å². The molecule has 0 atom stereocenters. The molecule has 0 amide bonds. The molecule has 1 heterocycles. The molecule has 1 aromatic heterocycles. The Hall–Kier alpha value is -2.51. The summed E-state index contributed by atoms with van der Waals surface area (Å²) in [5.41, 5.74) is 3.12. The van der Waals surface area contributed by atoms with Crippen molar-refractivity contribution in [3.8, 4) is 17.5 Å². The minimum atomic E-state index is 0.272. The van der Waals surface area contributed by atoms with Crippen LogP contribution in [0.25, 0.3) is 16.7 Å². The number of benzene rings is 2. The van der Waals surface area contributed by atoms with Crippen molar-refractivity contribution >= 4 is 22.6 Å². The molecule has 0 aliphatic heterocycles. The maximum Gasteiger partial charge on any atom is 0.146 e.